The molecule has 22 heavy (non-hydrogen) atoms. The number of rotatable bonds is 2. The van der Waals surface area contributed by atoms with Crippen molar-refractivity contribution < 1.29 is 4.79 Å². The maximum Gasteiger partial charge on any atom is 0.268 e. The zero-order chi connectivity index (χ0) is 15.5. The Kier molecular flexibility index (Phi) is 3.53. The zero-order valence-electron chi connectivity index (χ0n) is 11.9. The predicted octanol–water partition coefficient (Wildman–Crippen LogP) is 1.55. The highest BCUT2D eigenvalue weighted by molar-refractivity contribution is 6.24. The monoisotopic (exact) mass is 294 g/mol. The van der Waals surface area contributed by atoms with Crippen molar-refractivity contribution in [2.45, 2.75) is 0 Å². The van der Waals surface area contributed by atoms with Crippen molar-refractivity contribution in [3.8, 4) is 0 Å². The molecule has 2 aromatic heterocycles. The molecule has 3 N–H and O–H groups in total. The Bertz CT molecular complexity index is 835. The van der Waals surface area contributed by atoms with Gasteiger partial charge in [0.05, 0.1) is 23.0 Å². The Balaban J connectivity index is 2.19. The summed E-state index contributed by atoms with van der Waals surface area (Å²) < 4.78 is 0. The maximum absolute atomic E-state index is 12.7. The largest absolute Gasteiger partial charge is 0.369 e. The Labute approximate surface area is 126 Å². The van der Waals surface area contributed by atoms with E-state index < -0.39 is 0 Å². The van der Waals surface area contributed by atoms with Crippen LogP contribution in [0.1, 0.15) is 10.4 Å². The average molecular weight is 294 g/mol. The second-order valence-corrected chi connectivity index (χ2v) is 4.56. The molecule has 0 fully saturated rings. The number of anilines is 1. The summed E-state index contributed by atoms with van der Waals surface area (Å²) in [5.41, 5.74) is 7.74. The van der Waals surface area contributed by atoms with Crippen LogP contribution in [0.15, 0.2) is 53.9 Å². The normalized spacial score (nSPS) is 11.6. The van der Waals surface area contributed by atoms with Gasteiger partial charge in [0.25, 0.3) is 5.91 Å². The molecule has 0 saturated carbocycles. The number of aliphatic imine (C=N–C) groups is 1. The van der Waals surface area contributed by atoms with Crippen molar-refractivity contribution in [3.63, 3.8) is 0 Å². The van der Waals surface area contributed by atoms with Crippen LogP contribution in [0.25, 0.3) is 10.9 Å². The first-order valence-electron chi connectivity index (χ1n) is 6.61. The van der Waals surface area contributed by atoms with E-state index in [-0.39, 0.29) is 11.9 Å². The molecule has 0 aliphatic carbocycles. The Morgan fingerprint density at radius 1 is 1.32 bits per heavy atom. The third-order valence-electron chi connectivity index (χ3n) is 3.27. The molecule has 2 heterocycles. The van der Waals surface area contributed by atoms with Crippen molar-refractivity contribution in [2.24, 2.45) is 10.7 Å². The fourth-order valence-electron chi connectivity index (χ4n) is 2.22. The predicted molar refractivity (Wildman–Crippen MR) is 84.7 cm³/mol. The number of aromatic amines is 1. The fraction of sp³-hybridized carbons (Fsp3) is 0.0667. The lowest BCUT2D eigenvalue weighted by atomic mass is 10.1. The van der Waals surface area contributed by atoms with Crippen LogP contribution in [0, 0.1) is 0 Å². The number of hydrogen-bond acceptors (Lipinski definition) is 4. The van der Waals surface area contributed by atoms with Crippen molar-refractivity contribution in [1.82, 2.24) is 15.2 Å². The SMILES string of the molecule is CN=C(N)N(C(=O)c1cn[nH]c1)c1cccc2ncccc12. The highest BCUT2D eigenvalue weighted by atomic mass is 16.2. The molecule has 7 nitrogen and oxygen atoms in total. The second kappa shape index (κ2) is 5.65. The van der Waals surface area contributed by atoms with Gasteiger partial charge in [-0.05, 0) is 24.3 Å². The van der Waals surface area contributed by atoms with E-state index in [1.165, 1.54) is 24.3 Å². The van der Waals surface area contributed by atoms with E-state index >= 15 is 0 Å². The molecule has 0 radical (unpaired) electrons. The van der Waals surface area contributed by atoms with Gasteiger partial charge in [-0.3, -0.25) is 19.9 Å². The highest BCUT2D eigenvalue weighted by Crippen LogP contribution is 2.26. The smallest absolute Gasteiger partial charge is 0.268 e. The van der Waals surface area contributed by atoms with Crippen molar-refractivity contribution in [1.29, 1.82) is 0 Å². The molecule has 0 unspecified atom stereocenters. The number of H-pyrrole nitrogens is 1. The summed E-state index contributed by atoms with van der Waals surface area (Å²) in [5, 5.41) is 7.24. The molecule has 3 rings (SSSR count). The van der Waals surface area contributed by atoms with Crippen LogP contribution in [0.4, 0.5) is 5.69 Å². The number of fused-ring (bicyclic) bond motifs is 1. The van der Waals surface area contributed by atoms with Gasteiger partial charge in [0, 0.05) is 24.8 Å². The number of pyridine rings is 1. The number of nitrogens with zero attached hydrogens (tertiary/aromatic N) is 4. The number of hydrogen-bond donors (Lipinski definition) is 2. The number of carbonyl (C=O) groups excluding carboxylic acids is 1. The number of benzene rings is 1. The van der Waals surface area contributed by atoms with Crippen LogP contribution in [0.3, 0.4) is 0 Å². The minimum Gasteiger partial charge on any atom is -0.369 e. The van der Waals surface area contributed by atoms with E-state index in [4.69, 9.17) is 5.73 Å². The molecule has 0 aliphatic heterocycles. The third kappa shape index (κ3) is 2.28. The quantitative estimate of drug-likeness (QED) is 0.553. The van der Waals surface area contributed by atoms with E-state index in [9.17, 15) is 4.79 Å². The van der Waals surface area contributed by atoms with Crippen molar-refractivity contribution >= 4 is 28.5 Å². The third-order valence-corrected chi connectivity index (χ3v) is 3.27. The standard InChI is InChI=1S/C15H14N6O/c1-17-15(16)21(14(22)10-8-19-20-9-10)13-6-2-5-12-11(13)4-3-7-18-12/h2-9H,1H3,(H2,16,17)(H,19,20). The van der Waals surface area contributed by atoms with Gasteiger partial charge in [0.1, 0.15) is 0 Å². The lowest BCUT2D eigenvalue weighted by Gasteiger charge is -2.22. The van der Waals surface area contributed by atoms with Gasteiger partial charge in [-0.15, -0.1) is 0 Å². The topological polar surface area (TPSA) is 100 Å². The number of nitrogens with one attached hydrogen (secondary N) is 1. The summed E-state index contributed by atoms with van der Waals surface area (Å²) in [5.74, 6) is -0.212. The molecular weight excluding hydrogens is 280 g/mol. The number of amides is 1. The first-order chi connectivity index (χ1) is 10.7. The molecule has 3 aromatic rings. The van der Waals surface area contributed by atoms with Crippen LogP contribution >= 0.6 is 0 Å². The van der Waals surface area contributed by atoms with E-state index in [1.54, 1.807) is 12.3 Å². The molecule has 0 saturated heterocycles. The van der Waals surface area contributed by atoms with Gasteiger partial charge in [0.2, 0.25) is 5.96 Å². The maximum atomic E-state index is 12.7. The number of carbonyl (C=O) groups is 1. The van der Waals surface area contributed by atoms with Crippen molar-refractivity contribution in [3.05, 3.63) is 54.5 Å². The molecule has 0 aliphatic rings. The van der Waals surface area contributed by atoms with Crippen LogP contribution in [0.2, 0.25) is 0 Å². The van der Waals surface area contributed by atoms with Crippen LogP contribution in [-0.4, -0.2) is 34.1 Å². The lowest BCUT2D eigenvalue weighted by molar-refractivity contribution is 0.100. The summed E-state index contributed by atoms with van der Waals surface area (Å²) in [7, 11) is 1.54. The van der Waals surface area contributed by atoms with E-state index in [1.807, 2.05) is 24.3 Å². The Morgan fingerprint density at radius 3 is 2.91 bits per heavy atom. The molecule has 0 atom stereocenters. The lowest BCUT2D eigenvalue weighted by Crippen LogP contribution is -2.42. The molecule has 7 heteroatoms. The Hall–Kier alpha value is -3.22. The highest BCUT2D eigenvalue weighted by Gasteiger charge is 2.23. The minimum absolute atomic E-state index is 0.0996. The van der Waals surface area contributed by atoms with E-state index in [2.05, 4.69) is 20.2 Å². The van der Waals surface area contributed by atoms with E-state index in [0.29, 0.717) is 11.3 Å². The first kappa shape index (κ1) is 13.7. The zero-order valence-corrected chi connectivity index (χ0v) is 11.9. The first-order valence-corrected chi connectivity index (χ1v) is 6.61. The van der Waals surface area contributed by atoms with Gasteiger partial charge >= 0.3 is 0 Å². The van der Waals surface area contributed by atoms with Gasteiger partial charge in [-0.2, -0.15) is 5.10 Å². The van der Waals surface area contributed by atoms with Gasteiger partial charge < -0.3 is 5.73 Å². The van der Waals surface area contributed by atoms with Crippen LogP contribution in [0.5, 0.6) is 0 Å². The molecule has 1 amide bonds. The van der Waals surface area contributed by atoms with E-state index in [0.717, 1.165) is 10.9 Å². The van der Waals surface area contributed by atoms with Crippen LogP contribution < -0.4 is 10.6 Å². The van der Waals surface area contributed by atoms with Gasteiger partial charge in [-0.25, -0.2) is 4.90 Å². The van der Waals surface area contributed by atoms with Gasteiger partial charge in [-0.1, -0.05) is 6.07 Å². The van der Waals surface area contributed by atoms with Gasteiger partial charge in [0.15, 0.2) is 0 Å². The second-order valence-electron chi connectivity index (χ2n) is 4.56. The van der Waals surface area contributed by atoms with Crippen molar-refractivity contribution in [2.75, 3.05) is 11.9 Å². The fourth-order valence-corrected chi connectivity index (χ4v) is 2.22. The molecule has 0 spiro atoms. The average Bonchev–Trinajstić information content (AvgIpc) is 3.09. The minimum atomic E-state index is -0.312. The molecule has 1 aromatic carbocycles. The van der Waals surface area contributed by atoms with Crippen LogP contribution in [-0.2, 0) is 0 Å². The summed E-state index contributed by atoms with van der Waals surface area (Å²) in [6.07, 6.45) is 4.66. The molecular formula is C15H14N6O. The number of guanidine groups is 1. The summed E-state index contributed by atoms with van der Waals surface area (Å²) >= 11 is 0. The number of nitrogens with two attached hydrogens (primary N) is 1. The summed E-state index contributed by atoms with van der Waals surface area (Å²) in [4.78, 5) is 22.3. The number of aromatic nitrogens is 3. The molecule has 110 valence electrons. The molecule has 0 bridgehead atoms. The Morgan fingerprint density at radius 2 is 2.18 bits per heavy atom. The summed E-state index contributed by atoms with van der Waals surface area (Å²) in [6, 6.07) is 9.20. The summed E-state index contributed by atoms with van der Waals surface area (Å²) in [6.45, 7) is 0.